The van der Waals surface area contributed by atoms with Crippen molar-refractivity contribution in [2.45, 2.75) is 19.1 Å². The third-order valence-corrected chi connectivity index (χ3v) is 5.43. The fraction of sp³-hybridized carbons (Fsp3) is 0.292. The number of carbonyl (C=O) groups excluding carboxylic acids is 2. The molecule has 0 spiro atoms. The molecule has 2 aromatic carbocycles. The number of hydrogen-bond acceptors (Lipinski definition) is 4. The van der Waals surface area contributed by atoms with Crippen LogP contribution in [-0.2, 0) is 10.9 Å². The highest BCUT2D eigenvalue weighted by Gasteiger charge is 2.45. The minimum Gasteiger partial charge on any atom is -0.335 e. The summed E-state index contributed by atoms with van der Waals surface area (Å²) in [4.78, 5) is 25.8. The number of allylic oxidation sites excluding steroid dienone is 1. The van der Waals surface area contributed by atoms with Gasteiger partial charge < -0.3 is 14.4 Å². The first-order valence-corrected chi connectivity index (χ1v) is 10.4. The largest absolute Gasteiger partial charge is 0.521 e. The SMILES string of the molecule is CC1=C(C(=[OH+])OCCN(C)C)C(c2ccc(C#N)cc2)NC(=O)[NH+]1c1cccc(C(F)(F)F)c1. The fourth-order valence-electron chi connectivity index (χ4n) is 3.68. The molecule has 2 atom stereocenters. The minimum atomic E-state index is -4.57. The van der Waals surface area contributed by atoms with E-state index in [9.17, 15) is 22.8 Å². The maximum atomic E-state index is 13.3. The first-order valence-electron chi connectivity index (χ1n) is 10.4. The Labute approximate surface area is 195 Å². The second-order valence-electron chi connectivity index (χ2n) is 8.09. The average Bonchev–Trinajstić information content (AvgIpc) is 2.78. The van der Waals surface area contributed by atoms with Crippen molar-refractivity contribution < 1.29 is 32.4 Å². The normalized spacial score (nSPS) is 18.5. The van der Waals surface area contributed by atoms with E-state index in [1.807, 2.05) is 25.1 Å². The molecule has 0 aliphatic carbocycles. The maximum absolute atomic E-state index is 13.3. The number of likely N-dealkylation sites (N-methyl/N-ethyl adjacent to an activating group) is 1. The molecule has 3 N–H and O–H groups in total. The Morgan fingerprint density at radius 3 is 2.50 bits per heavy atom. The van der Waals surface area contributed by atoms with E-state index < -0.39 is 29.8 Å². The number of carbonyl (C=O) groups is 1. The van der Waals surface area contributed by atoms with Gasteiger partial charge in [0.1, 0.15) is 17.4 Å². The van der Waals surface area contributed by atoms with E-state index in [1.54, 1.807) is 31.2 Å². The molecule has 10 heteroatoms. The summed E-state index contributed by atoms with van der Waals surface area (Å²) in [5.41, 5.74) is 0.702. The summed E-state index contributed by atoms with van der Waals surface area (Å²) in [7, 11) is 3.68. The summed E-state index contributed by atoms with van der Waals surface area (Å²) in [6.07, 6.45) is -4.57. The van der Waals surface area contributed by atoms with Crippen molar-refractivity contribution in [3.05, 3.63) is 76.5 Å². The van der Waals surface area contributed by atoms with Gasteiger partial charge in [0.2, 0.25) is 0 Å². The van der Waals surface area contributed by atoms with E-state index in [0.717, 1.165) is 12.1 Å². The molecule has 0 aromatic heterocycles. The fourth-order valence-corrected chi connectivity index (χ4v) is 3.68. The number of ether oxygens (including phenoxy) is 1. The van der Waals surface area contributed by atoms with Gasteiger partial charge in [-0.05, 0) is 37.9 Å². The quantitative estimate of drug-likeness (QED) is 0.498. The van der Waals surface area contributed by atoms with Crippen molar-refractivity contribution >= 4 is 17.7 Å². The lowest BCUT2D eigenvalue weighted by Gasteiger charge is -2.29. The van der Waals surface area contributed by atoms with Gasteiger partial charge in [0.15, 0.2) is 12.2 Å². The number of halogens is 3. The molecule has 1 aliphatic heterocycles. The Balaban J connectivity index is 2.08. The van der Waals surface area contributed by atoms with E-state index in [1.165, 1.54) is 12.1 Å². The average molecular weight is 474 g/mol. The molecule has 2 unspecified atom stereocenters. The van der Waals surface area contributed by atoms with E-state index >= 15 is 0 Å². The zero-order chi connectivity index (χ0) is 25.0. The number of nitriles is 1. The summed E-state index contributed by atoms with van der Waals surface area (Å²) < 4.78 is 45.3. The molecule has 2 aromatic rings. The summed E-state index contributed by atoms with van der Waals surface area (Å²) in [6, 6.07) is 11.5. The number of amides is 2. The van der Waals surface area contributed by atoms with Crippen molar-refractivity contribution in [3.63, 3.8) is 0 Å². The van der Waals surface area contributed by atoms with Gasteiger partial charge >= 0.3 is 18.2 Å². The Morgan fingerprint density at radius 2 is 1.91 bits per heavy atom. The molecule has 34 heavy (non-hydrogen) atoms. The van der Waals surface area contributed by atoms with Gasteiger partial charge in [-0.3, -0.25) is 5.32 Å². The first kappa shape index (κ1) is 25.0. The number of alkyl halides is 3. The zero-order valence-electron chi connectivity index (χ0n) is 18.9. The van der Waals surface area contributed by atoms with Crippen LogP contribution >= 0.6 is 0 Å². The molecule has 1 aliphatic rings. The monoisotopic (exact) mass is 474 g/mol. The highest BCUT2D eigenvalue weighted by Crippen LogP contribution is 2.31. The number of nitrogens with zero attached hydrogens (tertiary/aromatic N) is 2. The van der Waals surface area contributed by atoms with Crippen LogP contribution in [0.1, 0.15) is 29.7 Å². The lowest BCUT2D eigenvalue weighted by atomic mass is 9.94. The van der Waals surface area contributed by atoms with Gasteiger partial charge in [-0.25, -0.2) is 4.79 Å². The Hall–Kier alpha value is -3.68. The number of rotatable bonds is 6. The third kappa shape index (κ3) is 5.44. The summed E-state index contributed by atoms with van der Waals surface area (Å²) >= 11 is 0. The Bertz CT molecular complexity index is 1150. The second-order valence-corrected chi connectivity index (χ2v) is 8.09. The summed E-state index contributed by atoms with van der Waals surface area (Å²) in [5, 5.41) is 11.8. The van der Waals surface area contributed by atoms with Gasteiger partial charge in [0, 0.05) is 19.1 Å². The van der Waals surface area contributed by atoms with Crippen LogP contribution in [-0.4, -0.2) is 48.9 Å². The minimum absolute atomic E-state index is 0.00811. The molecule has 178 valence electrons. The lowest BCUT2D eigenvalue weighted by Crippen LogP contribution is -3.11. The number of hydrogen-bond donors (Lipinski definition) is 2. The third-order valence-electron chi connectivity index (χ3n) is 5.43. The van der Waals surface area contributed by atoms with Crippen molar-refractivity contribution in [1.29, 1.82) is 5.26 Å². The smallest absolute Gasteiger partial charge is 0.335 e. The van der Waals surface area contributed by atoms with Crippen LogP contribution in [0.2, 0.25) is 0 Å². The Kier molecular flexibility index (Phi) is 7.39. The summed E-state index contributed by atoms with van der Waals surface area (Å²) in [5.74, 6) is -0.432. The topological polar surface area (TPSA) is 91.2 Å². The zero-order valence-corrected chi connectivity index (χ0v) is 18.9. The molecule has 0 radical (unpaired) electrons. The second kappa shape index (κ2) is 10.1. The van der Waals surface area contributed by atoms with Gasteiger partial charge in [0.25, 0.3) is 0 Å². The molecule has 1 heterocycles. The van der Waals surface area contributed by atoms with Crippen LogP contribution < -0.4 is 10.2 Å². The highest BCUT2D eigenvalue weighted by molar-refractivity contribution is 5.93. The van der Waals surface area contributed by atoms with Gasteiger partial charge in [-0.15, -0.1) is 0 Å². The number of esters is 1. The molecule has 7 nitrogen and oxygen atoms in total. The van der Waals surface area contributed by atoms with E-state index in [4.69, 9.17) is 10.00 Å². The molecule has 0 saturated carbocycles. The standard InChI is InChI=1S/C24H23F3N4O3/c1-15-20(22(32)34-12-11-30(2)3)21(17-9-7-16(14-28)8-10-17)29-23(33)31(15)19-6-4-5-18(13-19)24(25,26)27/h4-10,13,21H,11-12H2,1-3H3,(H,29,33)/p+2. The molecular formula is C24H25F3N4O3+2. The molecule has 2 amide bonds. The predicted molar refractivity (Wildman–Crippen MR) is 119 cm³/mol. The number of benzene rings is 2. The van der Waals surface area contributed by atoms with Crippen LogP contribution in [0.4, 0.5) is 23.7 Å². The van der Waals surface area contributed by atoms with E-state index in [0.29, 0.717) is 23.4 Å². The van der Waals surface area contributed by atoms with Crippen molar-refractivity contribution in [2.24, 2.45) is 0 Å². The number of nitrogens with one attached hydrogen (secondary N) is 2. The Morgan fingerprint density at radius 1 is 1.24 bits per heavy atom. The van der Waals surface area contributed by atoms with E-state index in [-0.39, 0.29) is 22.8 Å². The maximum Gasteiger partial charge on any atom is 0.521 e. The van der Waals surface area contributed by atoms with Crippen molar-refractivity contribution in [1.82, 2.24) is 10.2 Å². The van der Waals surface area contributed by atoms with Gasteiger partial charge in [0.05, 0.1) is 23.7 Å². The molecule has 0 saturated heterocycles. The first-order chi connectivity index (χ1) is 16.0. The van der Waals surface area contributed by atoms with Crippen LogP contribution in [0.5, 0.6) is 0 Å². The molecule has 3 rings (SSSR count). The van der Waals surface area contributed by atoms with Crippen LogP contribution in [0.3, 0.4) is 0 Å². The molecule has 0 bridgehead atoms. The van der Waals surface area contributed by atoms with Crippen molar-refractivity contribution in [3.8, 4) is 6.07 Å². The predicted octanol–water partition coefficient (Wildman–Crippen LogP) is 2.91. The van der Waals surface area contributed by atoms with Crippen LogP contribution in [0, 0.1) is 11.3 Å². The molecular weight excluding hydrogens is 449 g/mol. The van der Waals surface area contributed by atoms with Crippen LogP contribution in [0.15, 0.2) is 59.8 Å². The molecule has 0 fully saturated rings. The van der Waals surface area contributed by atoms with Gasteiger partial charge in [-0.1, -0.05) is 18.2 Å². The number of urea groups is 1. The summed E-state index contributed by atoms with van der Waals surface area (Å²) in [6.45, 7) is 2.23. The number of quaternary nitrogens is 1. The lowest BCUT2D eigenvalue weighted by molar-refractivity contribution is -0.700. The van der Waals surface area contributed by atoms with E-state index in [2.05, 4.69) is 5.32 Å². The van der Waals surface area contributed by atoms with Crippen molar-refractivity contribution in [2.75, 3.05) is 27.2 Å². The van der Waals surface area contributed by atoms with Crippen LogP contribution in [0.25, 0.3) is 0 Å². The van der Waals surface area contributed by atoms with Gasteiger partial charge in [-0.2, -0.15) is 23.3 Å². The highest BCUT2D eigenvalue weighted by atomic mass is 19.4.